The molecular formula is C24H27N3O6S. The van der Waals surface area contributed by atoms with Gasteiger partial charge in [-0.1, -0.05) is 18.2 Å². The van der Waals surface area contributed by atoms with Gasteiger partial charge in [0.2, 0.25) is 0 Å². The van der Waals surface area contributed by atoms with E-state index >= 15 is 0 Å². The number of fused-ring (bicyclic) bond motifs is 2. The van der Waals surface area contributed by atoms with Gasteiger partial charge < -0.3 is 19.4 Å². The van der Waals surface area contributed by atoms with Gasteiger partial charge in [-0.3, -0.25) is 9.69 Å². The van der Waals surface area contributed by atoms with Crippen molar-refractivity contribution in [3.8, 4) is 17.0 Å². The van der Waals surface area contributed by atoms with Crippen molar-refractivity contribution in [3.05, 3.63) is 65.0 Å². The number of H-pyrrole nitrogens is 2. The Morgan fingerprint density at radius 2 is 1.76 bits per heavy atom. The van der Waals surface area contributed by atoms with Crippen molar-refractivity contribution < 1.29 is 22.1 Å². The van der Waals surface area contributed by atoms with Crippen LogP contribution in [0, 0.1) is 0 Å². The largest absolute Gasteiger partial charge is 0.492 e. The third-order valence-corrected chi connectivity index (χ3v) is 6.01. The van der Waals surface area contributed by atoms with Crippen LogP contribution < -0.4 is 10.3 Å². The third-order valence-electron chi connectivity index (χ3n) is 5.44. The van der Waals surface area contributed by atoms with Gasteiger partial charge in [0, 0.05) is 30.1 Å². The summed E-state index contributed by atoms with van der Waals surface area (Å²) in [5.41, 5.74) is 2.80. The molecule has 9 nitrogen and oxygen atoms in total. The van der Waals surface area contributed by atoms with Crippen molar-refractivity contribution in [2.45, 2.75) is 6.23 Å². The van der Waals surface area contributed by atoms with Crippen LogP contribution in [0.4, 0.5) is 0 Å². The molecule has 34 heavy (non-hydrogen) atoms. The van der Waals surface area contributed by atoms with Crippen LogP contribution >= 0.6 is 0 Å². The molecule has 0 amide bonds. The third kappa shape index (κ3) is 5.65. The summed E-state index contributed by atoms with van der Waals surface area (Å²) in [6, 6.07) is 17.1. The van der Waals surface area contributed by atoms with E-state index in [1.807, 2.05) is 54.6 Å². The second kappa shape index (κ2) is 9.98. The van der Waals surface area contributed by atoms with Gasteiger partial charge in [0.15, 0.2) is 6.23 Å². The normalized spacial score (nSPS) is 13.1. The highest BCUT2D eigenvalue weighted by Crippen LogP contribution is 2.27. The quantitative estimate of drug-likeness (QED) is 0.262. The lowest BCUT2D eigenvalue weighted by molar-refractivity contribution is -0.0160. The lowest BCUT2D eigenvalue weighted by atomic mass is 10.1. The first-order valence-electron chi connectivity index (χ1n) is 10.7. The van der Waals surface area contributed by atoms with Gasteiger partial charge in [-0.2, -0.15) is 8.42 Å². The zero-order valence-corrected chi connectivity index (χ0v) is 20.0. The molecule has 1 atom stereocenters. The number of hydrogen-bond donors (Lipinski definition) is 2. The average molecular weight is 486 g/mol. The molecule has 2 aromatic heterocycles. The maximum atomic E-state index is 12.6. The summed E-state index contributed by atoms with van der Waals surface area (Å²) in [4.78, 5) is 20.5. The smallest absolute Gasteiger partial charge is 0.266 e. The highest BCUT2D eigenvalue weighted by Gasteiger charge is 2.20. The number of benzene rings is 2. The number of nitrogens with one attached hydrogen (secondary N) is 2. The van der Waals surface area contributed by atoms with E-state index in [4.69, 9.17) is 13.7 Å². The summed E-state index contributed by atoms with van der Waals surface area (Å²) in [7, 11) is -0.400. The molecule has 1 unspecified atom stereocenters. The lowest BCUT2D eigenvalue weighted by Crippen LogP contribution is -2.41. The highest BCUT2D eigenvalue weighted by molar-refractivity contribution is 7.86. The molecular weight excluding hydrogens is 458 g/mol. The van der Waals surface area contributed by atoms with Crippen LogP contribution in [0.15, 0.2) is 59.4 Å². The molecule has 4 aromatic rings. The van der Waals surface area contributed by atoms with Crippen molar-refractivity contribution in [3.63, 3.8) is 0 Å². The zero-order chi connectivity index (χ0) is 24.3. The maximum Gasteiger partial charge on any atom is 0.266 e. The predicted molar refractivity (Wildman–Crippen MR) is 132 cm³/mol. The van der Waals surface area contributed by atoms with Gasteiger partial charge in [-0.05, 0) is 48.8 Å². The topological polar surface area (TPSA) is 114 Å². The number of nitrogens with zero attached hydrogens (tertiary/aromatic N) is 1. The molecule has 0 saturated carbocycles. The van der Waals surface area contributed by atoms with Crippen LogP contribution in [0.2, 0.25) is 0 Å². The Morgan fingerprint density at radius 1 is 1.00 bits per heavy atom. The average Bonchev–Trinajstić information content (AvgIpc) is 3.20. The van der Waals surface area contributed by atoms with Crippen LogP contribution in [0.5, 0.6) is 5.75 Å². The van der Waals surface area contributed by atoms with Crippen LogP contribution in [-0.4, -0.2) is 69.7 Å². The number of aromatic amines is 2. The number of rotatable bonds is 10. The molecule has 0 aliphatic heterocycles. The number of methoxy groups -OCH3 is 1. The van der Waals surface area contributed by atoms with Crippen LogP contribution in [0.1, 0.15) is 0 Å². The Hall–Kier alpha value is -3.18. The summed E-state index contributed by atoms with van der Waals surface area (Å²) < 4.78 is 38.9. The fraction of sp³-hybridized carbons (Fsp3) is 0.292. The Labute approximate surface area is 197 Å². The van der Waals surface area contributed by atoms with Gasteiger partial charge in [0.05, 0.1) is 24.1 Å². The molecule has 180 valence electrons. The fourth-order valence-electron chi connectivity index (χ4n) is 3.72. The van der Waals surface area contributed by atoms with Crippen molar-refractivity contribution in [1.29, 1.82) is 0 Å². The van der Waals surface area contributed by atoms with Crippen molar-refractivity contribution in [2.24, 2.45) is 0 Å². The minimum atomic E-state index is -3.62. The van der Waals surface area contributed by atoms with Crippen LogP contribution in [-0.2, 0) is 19.0 Å². The van der Waals surface area contributed by atoms with E-state index in [1.165, 1.54) is 7.11 Å². The Morgan fingerprint density at radius 3 is 2.53 bits per heavy atom. The second-order valence-corrected chi connectivity index (χ2v) is 9.67. The summed E-state index contributed by atoms with van der Waals surface area (Å²) in [5, 5.41) is 1.86. The van der Waals surface area contributed by atoms with E-state index in [1.54, 1.807) is 11.9 Å². The lowest BCUT2D eigenvalue weighted by Gasteiger charge is -2.26. The van der Waals surface area contributed by atoms with Gasteiger partial charge in [0.25, 0.3) is 15.7 Å². The highest BCUT2D eigenvalue weighted by atomic mass is 32.2. The molecule has 10 heteroatoms. The number of hydrogen-bond acceptors (Lipinski definition) is 7. The molecule has 0 aliphatic rings. The fourth-order valence-corrected chi connectivity index (χ4v) is 4.32. The van der Waals surface area contributed by atoms with Crippen molar-refractivity contribution in [1.82, 2.24) is 14.9 Å². The van der Waals surface area contributed by atoms with Crippen molar-refractivity contribution >= 4 is 31.9 Å². The Balaban J connectivity index is 1.46. The van der Waals surface area contributed by atoms with Crippen LogP contribution in [0.25, 0.3) is 33.1 Å². The molecule has 0 spiro atoms. The Bertz CT molecular complexity index is 1460. The van der Waals surface area contributed by atoms with E-state index in [2.05, 4.69) is 9.97 Å². The van der Waals surface area contributed by atoms with E-state index in [-0.39, 0.29) is 12.2 Å². The van der Waals surface area contributed by atoms with Crippen molar-refractivity contribution in [2.75, 3.05) is 40.2 Å². The van der Waals surface area contributed by atoms with Crippen LogP contribution in [0.3, 0.4) is 0 Å². The standard InChI is InChI=1S/C24H27N3O6S/c1-27(23(15-31-2)33-34(3,29)30)10-11-32-18-8-9-21-17(12-18)14-22(25-21)19-13-16-6-4-5-7-20(16)26-24(19)28/h4-9,12-14,23,25H,10-11,15H2,1-3H3,(H,26,28). The van der Waals surface area contributed by atoms with Gasteiger partial charge in [-0.15, -0.1) is 0 Å². The number of aromatic nitrogens is 2. The van der Waals surface area contributed by atoms with Gasteiger partial charge in [0.1, 0.15) is 12.4 Å². The number of pyridine rings is 1. The number of ether oxygens (including phenoxy) is 2. The first kappa shape index (κ1) is 24.0. The van der Waals surface area contributed by atoms with E-state index < -0.39 is 16.3 Å². The molecule has 0 fully saturated rings. The number of para-hydroxylation sites is 1. The first-order valence-corrected chi connectivity index (χ1v) is 12.5. The monoisotopic (exact) mass is 485 g/mol. The summed E-state index contributed by atoms with van der Waals surface area (Å²) in [5.74, 6) is 0.659. The number of likely N-dealkylation sites (N-methyl/N-ethyl adjacent to an activating group) is 1. The summed E-state index contributed by atoms with van der Waals surface area (Å²) in [6.45, 7) is 0.846. The zero-order valence-electron chi connectivity index (χ0n) is 19.2. The molecule has 0 aliphatic carbocycles. The maximum absolute atomic E-state index is 12.6. The summed E-state index contributed by atoms with van der Waals surface area (Å²) >= 11 is 0. The first-order chi connectivity index (χ1) is 16.2. The minimum absolute atomic E-state index is 0.107. The van der Waals surface area contributed by atoms with E-state index in [0.717, 1.165) is 33.8 Å². The second-order valence-electron chi connectivity index (χ2n) is 8.07. The van der Waals surface area contributed by atoms with E-state index in [0.29, 0.717) is 24.5 Å². The molecule has 0 bridgehead atoms. The molecule has 2 N–H and O–H groups in total. The molecule has 0 saturated heterocycles. The molecule has 2 aromatic carbocycles. The molecule has 2 heterocycles. The van der Waals surface area contributed by atoms with Gasteiger partial charge in [-0.25, -0.2) is 4.18 Å². The SMILES string of the molecule is COCC(OS(C)(=O)=O)N(C)CCOc1ccc2[nH]c(-c3cc4ccccc4[nH]c3=O)cc2c1. The molecule has 0 radical (unpaired) electrons. The summed E-state index contributed by atoms with van der Waals surface area (Å²) in [6.07, 6.45) is 0.268. The minimum Gasteiger partial charge on any atom is -0.492 e. The van der Waals surface area contributed by atoms with E-state index in [9.17, 15) is 13.2 Å². The predicted octanol–water partition coefficient (Wildman–Crippen LogP) is 2.94. The Kier molecular flexibility index (Phi) is 7.03. The van der Waals surface area contributed by atoms with Gasteiger partial charge >= 0.3 is 0 Å². The molecule has 4 rings (SSSR count).